The van der Waals surface area contributed by atoms with E-state index in [1.807, 2.05) is 12.1 Å². The van der Waals surface area contributed by atoms with Crippen LogP contribution in [0.5, 0.6) is 0 Å². The van der Waals surface area contributed by atoms with E-state index in [4.69, 9.17) is 11.6 Å². The fourth-order valence-corrected chi connectivity index (χ4v) is 3.37. The summed E-state index contributed by atoms with van der Waals surface area (Å²) in [5, 5.41) is 0.637. The van der Waals surface area contributed by atoms with Gasteiger partial charge in [-0.3, -0.25) is 4.79 Å². The van der Waals surface area contributed by atoms with E-state index < -0.39 is 0 Å². The minimum atomic E-state index is -0.0360. The van der Waals surface area contributed by atoms with E-state index in [1.54, 1.807) is 17.8 Å². The van der Waals surface area contributed by atoms with Gasteiger partial charge in [0, 0.05) is 27.1 Å². The number of nitrogens with zero attached hydrogens (tertiary/aromatic N) is 1. The van der Waals surface area contributed by atoms with Crippen molar-refractivity contribution in [2.24, 2.45) is 0 Å². The second-order valence-electron chi connectivity index (χ2n) is 3.96. The van der Waals surface area contributed by atoms with Crippen molar-refractivity contribution < 1.29 is 0 Å². The minimum absolute atomic E-state index is 0.0360. The molecule has 0 saturated carbocycles. The SMILES string of the molecule is O=c1[nH]c(-c2ccc(Cl)c(Br)c2)nc2c1CSC2. The van der Waals surface area contributed by atoms with Crippen LogP contribution in [0.4, 0.5) is 0 Å². The molecule has 1 N–H and O–H groups in total. The summed E-state index contributed by atoms with van der Waals surface area (Å²) < 4.78 is 0.791. The zero-order valence-electron chi connectivity index (χ0n) is 9.17. The van der Waals surface area contributed by atoms with Crippen molar-refractivity contribution in [1.29, 1.82) is 0 Å². The highest BCUT2D eigenvalue weighted by molar-refractivity contribution is 9.10. The standard InChI is InChI=1S/C12H8BrClN2OS/c13-8-3-6(1-2-9(8)14)11-15-10-5-18-4-7(10)12(17)16-11/h1-3H,4-5H2,(H,15,16,17). The number of hydrogen-bond acceptors (Lipinski definition) is 3. The van der Waals surface area contributed by atoms with Crippen molar-refractivity contribution in [1.82, 2.24) is 9.97 Å². The van der Waals surface area contributed by atoms with E-state index in [9.17, 15) is 4.79 Å². The Morgan fingerprint density at radius 1 is 1.39 bits per heavy atom. The van der Waals surface area contributed by atoms with Crippen molar-refractivity contribution in [3.8, 4) is 11.4 Å². The fourth-order valence-electron chi connectivity index (χ4n) is 1.84. The summed E-state index contributed by atoms with van der Waals surface area (Å²) in [6, 6.07) is 5.48. The smallest absolute Gasteiger partial charge is 0.255 e. The molecule has 0 saturated heterocycles. The van der Waals surface area contributed by atoms with Gasteiger partial charge in [0.05, 0.1) is 10.7 Å². The number of thioether (sulfide) groups is 1. The lowest BCUT2D eigenvalue weighted by molar-refractivity contribution is 1.03. The summed E-state index contributed by atoms with van der Waals surface area (Å²) in [5.41, 5.74) is 2.51. The molecule has 0 amide bonds. The Balaban J connectivity index is 2.15. The van der Waals surface area contributed by atoms with Crippen molar-refractivity contribution >= 4 is 39.3 Å². The maximum absolute atomic E-state index is 11.9. The predicted octanol–water partition coefficient (Wildman–Crippen LogP) is 3.60. The molecule has 1 aromatic carbocycles. The molecule has 1 aliphatic heterocycles. The first kappa shape index (κ1) is 12.3. The molecule has 0 atom stereocenters. The highest BCUT2D eigenvalue weighted by atomic mass is 79.9. The number of fused-ring (bicyclic) bond motifs is 1. The molecule has 6 heteroatoms. The summed E-state index contributed by atoms with van der Waals surface area (Å²) in [4.78, 5) is 19.3. The van der Waals surface area contributed by atoms with Gasteiger partial charge in [0.1, 0.15) is 5.82 Å². The number of rotatable bonds is 1. The van der Waals surface area contributed by atoms with Gasteiger partial charge in [-0.15, -0.1) is 0 Å². The molecule has 18 heavy (non-hydrogen) atoms. The summed E-state index contributed by atoms with van der Waals surface area (Å²) in [6.07, 6.45) is 0. The molecule has 0 unspecified atom stereocenters. The number of nitrogens with one attached hydrogen (secondary N) is 1. The van der Waals surface area contributed by atoms with E-state index >= 15 is 0 Å². The predicted molar refractivity (Wildman–Crippen MR) is 78.0 cm³/mol. The molecule has 1 aliphatic rings. The van der Waals surface area contributed by atoms with Crippen LogP contribution in [-0.4, -0.2) is 9.97 Å². The second-order valence-corrected chi connectivity index (χ2v) is 6.21. The monoisotopic (exact) mass is 342 g/mol. The molecule has 2 aromatic rings. The number of aromatic amines is 1. The minimum Gasteiger partial charge on any atom is -0.306 e. The quantitative estimate of drug-likeness (QED) is 0.860. The molecule has 0 fully saturated rings. The fraction of sp³-hybridized carbons (Fsp3) is 0.167. The molecule has 0 bridgehead atoms. The van der Waals surface area contributed by atoms with Gasteiger partial charge in [0.2, 0.25) is 0 Å². The Hall–Kier alpha value is -0.780. The van der Waals surface area contributed by atoms with Gasteiger partial charge >= 0.3 is 0 Å². The van der Waals surface area contributed by atoms with Crippen LogP contribution in [0.3, 0.4) is 0 Å². The summed E-state index contributed by atoms with van der Waals surface area (Å²) in [7, 11) is 0. The van der Waals surface area contributed by atoms with Gasteiger partial charge in [0.25, 0.3) is 5.56 Å². The number of aromatic nitrogens is 2. The van der Waals surface area contributed by atoms with Crippen LogP contribution in [0.25, 0.3) is 11.4 Å². The van der Waals surface area contributed by atoms with Crippen LogP contribution in [0.15, 0.2) is 27.5 Å². The van der Waals surface area contributed by atoms with Crippen molar-refractivity contribution in [2.75, 3.05) is 0 Å². The first-order valence-corrected chi connectivity index (χ1v) is 7.63. The maximum Gasteiger partial charge on any atom is 0.255 e. The Labute approximate surface area is 121 Å². The molecule has 1 aromatic heterocycles. The Morgan fingerprint density at radius 2 is 2.22 bits per heavy atom. The van der Waals surface area contributed by atoms with Crippen LogP contribution in [0.2, 0.25) is 5.02 Å². The molecule has 0 spiro atoms. The van der Waals surface area contributed by atoms with Gasteiger partial charge < -0.3 is 4.98 Å². The van der Waals surface area contributed by atoms with Crippen molar-refractivity contribution in [3.63, 3.8) is 0 Å². The lowest BCUT2D eigenvalue weighted by Gasteiger charge is -2.05. The largest absolute Gasteiger partial charge is 0.306 e. The average molecular weight is 344 g/mol. The van der Waals surface area contributed by atoms with Crippen LogP contribution in [-0.2, 0) is 11.5 Å². The Bertz CT molecular complexity index is 686. The van der Waals surface area contributed by atoms with Crippen LogP contribution >= 0.6 is 39.3 Å². The van der Waals surface area contributed by atoms with E-state index in [0.29, 0.717) is 10.8 Å². The maximum atomic E-state index is 11.9. The van der Waals surface area contributed by atoms with Crippen LogP contribution in [0.1, 0.15) is 11.3 Å². The van der Waals surface area contributed by atoms with Gasteiger partial charge in [-0.2, -0.15) is 11.8 Å². The summed E-state index contributed by atoms with van der Waals surface area (Å²) >= 11 is 11.0. The molecule has 92 valence electrons. The zero-order valence-corrected chi connectivity index (χ0v) is 12.3. The lowest BCUT2D eigenvalue weighted by Crippen LogP contribution is -2.15. The van der Waals surface area contributed by atoms with Crippen LogP contribution in [0, 0.1) is 0 Å². The highest BCUT2D eigenvalue weighted by Crippen LogP contribution is 2.29. The summed E-state index contributed by atoms with van der Waals surface area (Å²) in [6.45, 7) is 0. The molecular weight excluding hydrogens is 336 g/mol. The molecule has 2 heterocycles. The molecule has 0 aliphatic carbocycles. The van der Waals surface area contributed by atoms with Crippen LogP contribution < -0.4 is 5.56 Å². The second kappa shape index (κ2) is 4.72. The molecular formula is C12H8BrClN2OS. The Morgan fingerprint density at radius 3 is 3.00 bits per heavy atom. The van der Waals surface area contributed by atoms with E-state index in [-0.39, 0.29) is 5.56 Å². The van der Waals surface area contributed by atoms with E-state index in [0.717, 1.165) is 32.8 Å². The zero-order chi connectivity index (χ0) is 12.7. The van der Waals surface area contributed by atoms with E-state index in [2.05, 4.69) is 25.9 Å². The molecule has 3 rings (SSSR count). The van der Waals surface area contributed by atoms with Gasteiger partial charge in [-0.1, -0.05) is 11.6 Å². The van der Waals surface area contributed by atoms with E-state index in [1.165, 1.54) is 0 Å². The topological polar surface area (TPSA) is 45.8 Å². The molecule has 0 radical (unpaired) electrons. The van der Waals surface area contributed by atoms with Crippen molar-refractivity contribution in [3.05, 3.63) is 49.3 Å². The van der Waals surface area contributed by atoms with Crippen molar-refractivity contribution in [2.45, 2.75) is 11.5 Å². The third kappa shape index (κ3) is 2.11. The number of hydrogen-bond donors (Lipinski definition) is 1. The van der Waals surface area contributed by atoms with Gasteiger partial charge in [-0.05, 0) is 34.1 Å². The highest BCUT2D eigenvalue weighted by Gasteiger charge is 2.18. The van der Waals surface area contributed by atoms with Gasteiger partial charge in [0.15, 0.2) is 0 Å². The first-order valence-electron chi connectivity index (χ1n) is 5.30. The number of benzene rings is 1. The Kier molecular flexibility index (Phi) is 3.21. The first-order chi connectivity index (χ1) is 8.65. The summed E-state index contributed by atoms with van der Waals surface area (Å²) in [5.74, 6) is 2.15. The lowest BCUT2D eigenvalue weighted by atomic mass is 10.2. The van der Waals surface area contributed by atoms with Gasteiger partial charge in [-0.25, -0.2) is 4.98 Å². The number of halogens is 2. The number of H-pyrrole nitrogens is 1. The third-order valence-electron chi connectivity index (χ3n) is 2.78. The molecule has 3 nitrogen and oxygen atoms in total. The third-order valence-corrected chi connectivity index (χ3v) is 4.96. The average Bonchev–Trinajstić information content (AvgIpc) is 2.81. The normalized spacial score (nSPS) is 13.7.